The summed E-state index contributed by atoms with van der Waals surface area (Å²) >= 11 is 0. The molecule has 2 fully saturated rings. The SMILES string of the molecule is Cc1nc(NCC2CCCO2)cc(N2CCN(c3ccccc3)CC2)n1. The Morgan fingerprint density at radius 1 is 1.08 bits per heavy atom. The highest BCUT2D eigenvalue weighted by molar-refractivity contribution is 5.52. The lowest BCUT2D eigenvalue weighted by molar-refractivity contribution is 0.120. The highest BCUT2D eigenvalue weighted by atomic mass is 16.5. The molecular formula is C20H27N5O. The monoisotopic (exact) mass is 353 g/mol. The molecule has 0 bridgehead atoms. The third-order valence-electron chi connectivity index (χ3n) is 5.08. The highest BCUT2D eigenvalue weighted by Crippen LogP contribution is 2.21. The van der Waals surface area contributed by atoms with E-state index in [2.05, 4.69) is 61.5 Å². The van der Waals surface area contributed by atoms with Crippen LogP contribution in [0.5, 0.6) is 0 Å². The van der Waals surface area contributed by atoms with Gasteiger partial charge in [-0.2, -0.15) is 0 Å². The van der Waals surface area contributed by atoms with E-state index in [0.717, 1.165) is 69.6 Å². The van der Waals surface area contributed by atoms with E-state index in [1.807, 2.05) is 6.92 Å². The Hall–Kier alpha value is -2.34. The molecule has 6 nitrogen and oxygen atoms in total. The van der Waals surface area contributed by atoms with Crippen LogP contribution in [0.1, 0.15) is 18.7 Å². The van der Waals surface area contributed by atoms with Crippen molar-refractivity contribution in [2.75, 3.05) is 54.4 Å². The second-order valence-corrected chi connectivity index (χ2v) is 6.98. The van der Waals surface area contributed by atoms with E-state index >= 15 is 0 Å². The van der Waals surface area contributed by atoms with Gasteiger partial charge in [-0.1, -0.05) is 18.2 Å². The maximum Gasteiger partial charge on any atom is 0.134 e. The zero-order valence-corrected chi connectivity index (χ0v) is 15.4. The smallest absolute Gasteiger partial charge is 0.134 e. The molecule has 1 unspecified atom stereocenters. The standard InChI is InChI=1S/C20H27N5O/c1-16-22-19(21-15-18-8-5-13-26-18)14-20(23-16)25-11-9-24(10-12-25)17-6-3-2-4-7-17/h2-4,6-7,14,18H,5,8-13,15H2,1H3,(H,21,22,23). The van der Waals surface area contributed by atoms with Crippen molar-refractivity contribution in [3.8, 4) is 0 Å². The van der Waals surface area contributed by atoms with Gasteiger partial charge in [-0.05, 0) is 31.9 Å². The topological polar surface area (TPSA) is 53.5 Å². The third kappa shape index (κ3) is 4.07. The summed E-state index contributed by atoms with van der Waals surface area (Å²) in [5.74, 6) is 2.72. The number of ether oxygens (including phenoxy) is 1. The van der Waals surface area contributed by atoms with Gasteiger partial charge in [-0.3, -0.25) is 0 Å². The average molecular weight is 353 g/mol. The van der Waals surface area contributed by atoms with Crippen LogP contribution in [-0.4, -0.2) is 55.4 Å². The number of benzene rings is 1. The molecule has 138 valence electrons. The number of para-hydroxylation sites is 1. The molecular weight excluding hydrogens is 326 g/mol. The number of nitrogens with zero attached hydrogens (tertiary/aromatic N) is 4. The predicted molar refractivity (Wildman–Crippen MR) is 105 cm³/mol. The fourth-order valence-electron chi connectivity index (χ4n) is 3.66. The fourth-order valence-corrected chi connectivity index (χ4v) is 3.66. The van der Waals surface area contributed by atoms with Crippen LogP contribution in [0, 0.1) is 6.92 Å². The number of anilines is 3. The van der Waals surface area contributed by atoms with Crippen LogP contribution in [0.2, 0.25) is 0 Å². The van der Waals surface area contributed by atoms with Crippen LogP contribution in [0.3, 0.4) is 0 Å². The summed E-state index contributed by atoms with van der Waals surface area (Å²) in [5.41, 5.74) is 1.30. The Kier molecular flexibility index (Phi) is 5.20. The molecule has 0 saturated carbocycles. The van der Waals surface area contributed by atoms with Crippen molar-refractivity contribution in [1.82, 2.24) is 9.97 Å². The summed E-state index contributed by atoms with van der Waals surface area (Å²) in [5, 5.41) is 3.43. The maximum absolute atomic E-state index is 5.68. The maximum atomic E-state index is 5.68. The Balaban J connectivity index is 1.38. The molecule has 0 aliphatic carbocycles. The molecule has 2 aliphatic rings. The lowest BCUT2D eigenvalue weighted by atomic mass is 10.2. The van der Waals surface area contributed by atoms with Gasteiger partial charge in [0.15, 0.2) is 0 Å². The molecule has 0 amide bonds. The van der Waals surface area contributed by atoms with Crippen LogP contribution in [-0.2, 0) is 4.74 Å². The molecule has 0 radical (unpaired) electrons. The van der Waals surface area contributed by atoms with Crippen molar-refractivity contribution in [3.05, 3.63) is 42.2 Å². The van der Waals surface area contributed by atoms with Crippen molar-refractivity contribution in [3.63, 3.8) is 0 Å². The van der Waals surface area contributed by atoms with Gasteiger partial charge in [0, 0.05) is 51.1 Å². The van der Waals surface area contributed by atoms with E-state index in [0.29, 0.717) is 6.10 Å². The minimum atomic E-state index is 0.308. The second kappa shape index (κ2) is 7.91. The number of rotatable bonds is 5. The molecule has 4 rings (SSSR count). The number of aryl methyl sites for hydroxylation is 1. The molecule has 6 heteroatoms. The predicted octanol–water partition coefficient (Wildman–Crippen LogP) is 2.70. The summed E-state index contributed by atoms with van der Waals surface area (Å²) in [4.78, 5) is 14.0. The lowest BCUT2D eigenvalue weighted by Gasteiger charge is -2.36. The lowest BCUT2D eigenvalue weighted by Crippen LogP contribution is -2.46. The van der Waals surface area contributed by atoms with Gasteiger partial charge in [0.1, 0.15) is 17.5 Å². The Bertz CT molecular complexity index is 709. The first kappa shape index (κ1) is 17.1. The summed E-state index contributed by atoms with van der Waals surface area (Å²) in [7, 11) is 0. The summed E-state index contributed by atoms with van der Waals surface area (Å²) in [6, 6.07) is 12.7. The quantitative estimate of drug-likeness (QED) is 0.892. The van der Waals surface area contributed by atoms with Crippen molar-refractivity contribution < 1.29 is 4.74 Å². The van der Waals surface area contributed by atoms with Gasteiger partial charge in [0.2, 0.25) is 0 Å². The zero-order chi connectivity index (χ0) is 17.8. The molecule has 1 N–H and O–H groups in total. The fraction of sp³-hybridized carbons (Fsp3) is 0.500. The van der Waals surface area contributed by atoms with Crippen molar-refractivity contribution in [1.29, 1.82) is 0 Å². The largest absolute Gasteiger partial charge is 0.376 e. The number of hydrogen-bond donors (Lipinski definition) is 1. The average Bonchev–Trinajstić information content (AvgIpc) is 3.20. The molecule has 0 spiro atoms. The minimum absolute atomic E-state index is 0.308. The van der Waals surface area contributed by atoms with E-state index in [1.165, 1.54) is 5.69 Å². The molecule has 1 atom stereocenters. The summed E-state index contributed by atoms with van der Waals surface area (Å²) < 4.78 is 5.68. The minimum Gasteiger partial charge on any atom is -0.376 e. The van der Waals surface area contributed by atoms with Crippen LogP contribution in [0.25, 0.3) is 0 Å². The molecule has 2 aliphatic heterocycles. The first-order chi connectivity index (χ1) is 12.8. The van der Waals surface area contributed by atoms with Crippen LogP contribution >= 0.6 is 0 Å². The molecule has 1 aromatic heterocycles. The van der Waals surface area contributed by atoms with Gasteiger partial charge in [-0.25, -0.2) is 9.97 Å². The Morgan fingerprint density at radius 3 is 2.58 bits per heavy atom. The van der Waals surface area contributed by atoms with Gasteiger partial charge in [-0.15, -0.1) is 0 Å². The van der Waals surface area contributed by atoms with Crippen LogP contribution in [0.15, 0.2) is 36.4 Å². The van der Waals surface area contributed by atoms with Gasteiger partial charge >= 0.3 is 0 Å². The van der Waals surface area contributed by atoms with E-state index in [9.17, 15) is 0 Å². The van der Waals surface area contributed by atoms with E-state index < -0.39 is 0 Å². The van der Waals surface area contributed by atoms with Gasteiger partial charge in [0.05, 0.1) is 6.10 Å². The zero-order valence-electron chi connectivity index (χ0n) is 15.4. The third-order valence-corrected chi connectivity index (χ3v) is 5.08. The normalized spacial score (nSPS) is 20.4. The molecule has 1 aromatic carbocycles. The first-order valence-corrected chi connectivity index (χ1v) is 9.54. The van der Waals surface area contributed by atoms with E-state index in [1.54, 1.807) is 0 Å². The highest BCUT2D eigenvalue weighted by Gasteiger charge is 2.20. The summed E-state index contributed by atoms with van der Waals surface area (Å²) in [6.45, 7) is 7.61. The number of nitrogens with one attached hydrogen (secondary N) is 1. The first-order valence-electron chi connectivity index (χ1n) is 9.54. The van der Waals surface area contributed by atoms with E-state index in [4.69, 9.17) is 4.74 Å². The Morgan fingerprint density at radius 2 is 1.85 bits per heavy atom. The molecule has 3 heterocycles. The number of aromatic nitrogens is 2. The van der Waals surface area contributed by atoms with Crippen molar-refractivity contribution in [2.45, 2.75) is 25.9 Å². The number of hydrogen-bond acceptors (Lipinski definition) is 6. The van der Waals surface area contributed by atoms with E-state index in [-0.39, 0.29) is 0 Å². The van der Waals surface area contributed by atoms with Crippen molar-refractivity contribution >= 4 is 17.3 Å². The second-order valence-electron chi connectivity index (χ2n) is 6.98. The molecule has 2 aromatic rings. The number of piperazine rings is 1. The van der Waals surface area contributed by atoms with Crippen molar-refractivity contribution in [2.24, 2.45) is 0 Å². The molecule has 26 heavy (non-hydrogen) atoms. The van der Waals surface area contributed by atoms with Crippen LogP contribution in [0.4, 0.5) is 17.3 Å². The Labute approximate surface area is 155 Å². The molecule has 2 saturated heterocycles. The van der Waals surface area contributed by atoms with Gasteiger partial charge < -0.3 is 19.9 Å². The van der Waals surface area contributed by atoms with Crippen LogP contribution < -0.4 is 15.1 Å². The summed E-state index contributed by atoms with van der Waals surface area (Å²) in [6.07, 6.45) is 2.60. The van der Waals surface area contributed by atoms with Gasteiger partial charge in [0.25, 0.3) is 0 Å².